The van der Waals surface area contributed by atoms with Gasteiger partial charge in [0.2, 0.25) is 0 Å². The molecule has 3 aromatic rings. The van der Waals surface area contributed by atoms with Gasteiger partial charge in [0.05, 0.1) is 6.61 Å². The van der Waals surface area contributed by atoms with Crippen molar-refractivity contribution < 1.29 is 19.1 Å². The first-order valence-electron chi connectivity index (χ1n) is 9.73. The quantitative estimate of drug-likeness (QED) is 0.314. The highest BCUT2D eigenvalue weighted by molar-refractivity contribution is 6.04. The summed E-state index contributed by atoms with van der Waals surface area (Å²) in [7, 11) is 0. The van der Waals surface area contributed by atoms with Crippen LogP contribution in [0.4, 0.5) is 5.69 Å². The summed E-state index contributed by atoms with van der Waals surface area (Å²) in [5.41, 5.74) is 2.05. The molecule has 0 spiro atoms. The Hall–Kier alpha value is -3.86. The van der Waals surface area contributed by atoms with Crippen LogP contribution in [0.15, 0.2) is 84.9 Å². The number of ether oxygens (including phenoxy) is 2. The average Bonchev–Trinajstić information content (AvgIpc) is 2.78. The Morgan fingerprint density at radius 2 is 1.53 bits per heavy atom. The van der Waals surface area contributed by atoms with E-state index in [1.807, 2.05) is 54.6 Å². The molecule has 3 aromatic carbocycles. The minimum atomic E-state index is -0.497. The lowest BCUT2D eigenvalue weighted by Crippen LogP contribution is -2.11. The molecule has 0 bridgehead atoms. The van der Waals surface area contributed by atoms with Gasteiger partial charge >= 0.3 is 5.97 Å². The van der Waals surface area contributed by atoms with E-state index in [0.717, 1.165) is 17.7 Å². The molecule has 30 heavy (non-hydrogen) atoms. The van der Waals surface area contributed by atoms with Crippen molar-refractivity contribution in [3.63, 3.8) is 0 Å². The van der Waals surface area contributed by atoms with Crippen LogP contribution < -0.4 is 14.8 Å². The molecule has 0 aliphatic heterocycles. The van der Waals surface area contributed by atoms with Crippen molar-refractivity contribution in [3.05, 3.63) is 96.1 Å². The second kappa shape index (κ2) is 10.6. The topological polar surface area (TPSA) is 64.6 Å². The van der Waals surface area contributed by atoms with E-state index in [-0.39, 0.29) is 5.91 Å². The van der Waals surface area contributed by atoms with Gasteiger partial charge in [0.25, 0.3) is 5.91 Å². The molecule has 0 fully saturated rings. The van der Waals surface area contributed by atoms with Crippen LogP contribution in [0.2, 0.25) is 0 Å². The highest BCUT2D eigenvalue weighted by Crippen LogP contribution is 2.16. The Bertz CT molecular complexity index is 994. The third-order valence-electron chi connectivity index (χ3n) is 4.13. The van der Waals surface area contributed by atoms with E-state index < -0.39 is 5.97 Å². The molecule has 5 nitrogen and oxygen atoms in total. The molecule has 0 aromatic heterocycles. The largest absolute Gasteiger partial charge is 0.494 e. The van der Waals surface area contributed by atoms with Gasteiger partial charge < -0.3 is 14.8 Å². The predicted molar refractivity (Wildman–Crippen MR) is 118 cm³/mol. The first kappa shape index (κ1) is 20.9. The average molecular weight is 401 g/mol. The zero-order chi connectivity index (χ0) is 21.2. The predicted octanol–water partition coefficient (Wildman–Crippen LogP) is 5.35. The van der Waals surface area contributed by atoms with E-state index in [4.69, 9.17) is 9.47 Å². The van der Waals surface area contributed by atoms with E-state index in [2.05, 4.69) is 12.2 Å². The second-order valence-corrected chi connectivity index (χ2v) is 6.52. The van der Waals surface area contributed by atoms with Crippen LogP contribution >= 0.6 is 0 Å². The summed E-state index contributed by atoms with van der Waals surface area (Å²) in [4.78, 5) is 24.3. The summed E-state index contributed by atoms with van der Waals surface area (Å²) >= 11 is 0. The molecule has 0 heterocycles. The van der Waals surface area contributed by atoms with E-state index >= 15 is 0 Å². The van der Waals surface area contributed by atoms with Gasteiger partial charge in [0, 0.05) is 17.3 Å². The number of carbonyl (C=O) groups is 2. The fourth-order valence-electron chi connectivity index (χ4n) is 2.61. The summed E-state index contributed by atoms with van der Waals surface area (Å²) in [6.07, 6.45) is 3.98. The number of amides is 1. The van der Waals surface area contributed by atoms with Crippen LogP contribution in [0, 0.1) is 0 Å². The SMILES string of the molecule is CCCOc1ccc(/C=C/C(=O)Oc2ccc(C(=O)Nc3ccccc3)cc2)cc1. The fourth-order valence-corrected chi connectivity index (χ4v) is 2.61. The molecule has 0 unspecified atom stereocenters. The number of para-hydroxylation sites is 1. The van der Waals surface area contributed by atoms with Crippen molar-refractivity contribution in [1.29, 1.82) is 0 Å². The Morgan fingerprint density at radius 1 is 0.867 bits per heavy atom. The molecule has 1 N–H and O–H groups in total. The zero-order valence-electron chi connectivity index (χ0n) is 16.7. The van der Waals surface area contributed by atoms with Crippen LogP contribution in [0.25, 0.3) is 6.08 Å². The Balaban J connectivity index is 1.52. The molecule has 3 rings (SSSR count). The number of hydrogen-bond donors (Lipinski definition) is 1. The lowest BCUT2D eigenvalue weighted by atomic mass is 10.2. The van der Waals surface area contributed by atoms with Crippen molar-refractivity contribution in [2.24, 2.45) is 0 Å². The highest BCUT2D eigenvalue weighted by atomic mass is 16.5. The maximum absolute atomic E-state index is 12.3. The van der Waals surface area contributed by atoms with Crippen molar-refractivity contribution in [3.8, 4) is 11.5 Å². The molecule has 152 valence electrons. The molecular formula is C25H23NO4. The Kier molecular flexibility index (Phi) is 7.39. The number of esters is 1. The third kappa shape index (κ3) is 6.34. The third-order valence-corrected chi connectivity index (χ3v) is 4.13. The minimum absolute atomic E-state index is 0.231. The number of anilines is 1. The summed E-state index contributed by atoms with van der Waals surface area (Å²) in [5, 5.41) is 2.81. The molecule has 0 aliphatic rings. The van der Waals surface area contributed by atoms with Gasteiger partial charge in [-0.1, -0.05) is 37.3 Å². The van der Waals surface area contributed by atoms with Crippen molar-refractivity contribution in [2.45, 2.75) is 13.3 Å². The molecule has 0 saturated carbocycles. The van der Waals surface area contributed by atoms with Gasteiger partial charge in [0.1, 0.15) is 11.5 Å². The van der Waals surface area contributed by atoms with E-state index in [0.29, 0.717) is 23.6 Å². The van der Waals surface area contributed by atoms with Crippen molar-refractivity contribution in [1.82, 2.24) is 0 Å². The maximum atomic E-state index is 12.3. The van der Waals surface area contributed by atoms with E-state index in [1.54, 1.807) is 30.3 Å². The molecular weight excluding hydrogens is 378 g/mol. The number of carbonyl (C=O) groups excluding carboxylic acids is 2. The minimum Gasteiger partial charge on any atom is -0.494 e. The summed E-state index contributed by atoms with van der Waals surface area (Å²) in [6.45, 7) is 2.73. The van der Waals surface area contributed by atoms with Crippen LogP contribution in [0.1, 0.15) is 29.3 Å². The summed E-state index contributed by atoms with van der Waals surface area (Å²) < 4.78 is 10.8. The van der Waals surface area contributed by atoms with Gasteiger partial charge in [0.15, 0.2) is 0 Å². The van der Waals surface area contributed by atoms with Crippen LogP contribution in [0.5, 0.6) is 11.5 Å². The highest BCUT2D eigenvalue weighted by Gasteiger charge is 2.07. The zero-order valence-corrected chi connectivity index (χ0v) is 16.7. The Morgan fingerprint density at radius 3 is 2.20 bits per heavy atom. The standard InChI is InChI=1S/C25H23NO4/c1-2-18-29-22-13-8-19(9-14-22)10-17-24(27)30-23-15-11-20(12-16-23)25(28)26-21-6-4-3-5-7-21/h3-17H,2,18H2,1H3,(H,26,28)/b17-10+. The first-order valence-corrected chi connectivity index (χ1v) is 9.73. The van der Waals surface area contributed by atoms with Gasteiger partial charge in [-0.3, -0.25) is 4.79 Å². The van der Waals surface area contributed by atoms with Gasteiger partial charge in [-0.15, -0.1) is 0 Å². The van der Waals surface area contributed by atoms with Gasteiger partial charge in [-0.25, -0.2) is 4.79 Å². The second-order valence-electron chi connectivity index (χ2n) is 6.52. The first-order chi connectivity index (χ1) is 14.6. The smallest absolute Gasteiger partial charge is 0.336 e. The molecule has 5 heteroatoms. The van der Waals surface area contributed by atoms with E-state index in [9.17, 15) is 9.59 Å². The summed E-state index contributed by atoms with van der Waals surface area (Å²) in [5.74, 6) is 0.435. The fraction of sp³-hybridized carbons (Fsp3) is 0.120. The van der Waals surface area contributed by atoms with Crippen LogP contribution in [0.3, 0.4) is 0 Å². The van der Waals surface area contributed by atoms with Crippen molar-refractivity contribution >= 4 is 23.6 Å². The molecule has 0 saturated heterocycles. The normalized spacial score (nSPS) is 10.6. The molecule has 1 amide bonds. The lowest BCUT2D eigenvalue weighted by molar-refractivity contribution is -0.128. The monoisotopic (exact) mass is 401 g/mol. The molecule has 0 aliphatic carbocycles. The molecule has 0 radical (unpaired) electrons. The number of nitrogens with one attached hydrogen (secondary N) is 1. The lowest BCUT2D eigenvalue weighted by Gasteiger charge is -2.06. The number of benzene rings is 3. The van der Waals surface area contributed by atoms with E-state index in [1.165, 1.54) is 6.08 Å². The van der Waals surface area contributed by atoms with Gasteiger partial charge in [-0.05, 0) is 66.6 Å². The van der Waals surface area contributed by atoms with Crippen LogP contribution in [-0.4, -0.2) is 18.5 Å². The van der Waals surface area contributed by atoms with Crippen molar-refractivity contribution in [2.75, 3.05) is 11.9 Å². The van der Waals surface area contributed by atoms with Crippen LogP contribution in [-0.2, 0) is 4.79 Å². The van der Waals surface area contributed by atoms with Gasteiger partial charge in [-0.2, -0.15) is 0 Å². The summed E-state index contributed by atoms with van der Waals surface area (Å²) in [6, 6.07) is 23.1. The number of hydrogen-bond acceptors (Lipinski definition) is 4. The molecule has 0 atom stereocenters. The maximum Gasteiger partial charge on any atom is 0.336 e. The Labute approximate surface area is 176 Å². The number of rotatable bonds is 8.